The third-order valence-electron chi connectivity index (χ3n) is 3.86. The van der Waals surface area contributed by atoms with Gasteiger partial charge in [-0.05, 0) is 31.4 Å². The van der Waals surface area contributed by atoms with Gasteiger partial charge >= 0.3 is 0 Å². The van der Waals surface area contributed by atoms with Gasteiger partial charge in [0.05, 0.1) is 12.4 Å². The first-order valence-corrected chi connectivity index (χ1v) is 7.68. The summed E-state index contributed by atoms with van der Waals surface area (Å²) in [6.07, 6.45) is 5.13. The first-order chi connectivity index (χ1) is 10.7. The Kier molecular flexibility index (Phi) is 4.04. The summed E-state index contributed by atoms with van der Waals surface area (Å²) in [4.78, 5) is 22.8. The largest absolute Gasteiger partial charge is 0.351 e. The molecule has 1 N–H and O–H groups in total. The van der Waals surface area contributed by atoms with Crippen molar-refractivity contribution in [2.24, 2.45) is 0 Å². The Balaban J connectivity index is 1.83. The molecule has 1 aliphatic rings. The molecule has 0 radical (unpaired) electrons. The molecular formula is C17H20N4O. The summed E-state index contributed by atoms with van der Waals surface area (Å²) in [5.41, 5.74) is 2.85. The van der Waals surface area contributed by atoms with Crippen molar-refractivity contribution in [3.05, 3.63) is 47.9 Å². The van der Waals surface area contributed by atoms with E-state index in [1.165, 1.54) is 11.3 Å². The molecule has 0 spiro atoms. The van der Waals surface area contributed by atoms with Crippen molar-refractivity contribution < 1.29 is 4.79 Å². The fraction of sp³-hybridized carbons (Fsp3) is 0.353. The minimum Gasteiger partial charge on any atom is -0.351 e. The Hall–Kier alpha value is -2.43. The van der Waals surface area contributed by atoms with Crippen molar-refractivity contribution in [1.82, 2.24) is 15.3 Å². The maximum atomic E-state index is 11.9. The van der Waals surface area contributed by atoms with Crippen molar-refractivity contribution in [3.63, 3.8) is 0 Å². The molecule has 114 valence electrons. The zero-order valence-electron chi connectivity index (χ0n) is 12.9. The van der Waals surface area contributed by atoms with Gasteiger partial charge in [0.25, 0.3) is 5.91 Å². The van der Waals surface area contributed by atoms with Crippen molar-refractivity contribution >= 4 is 17.4 Å². The molecule has 1 amide bonds. The van der Waals surface area contributed by atoms with Crippen LogP contribution in [0, 0.1) is 0 Å². The maximum absolute atomic E-state index is 11.9. The predicted molar refractivity (Wildman–Crippen MR) is 86.4 cm³/mol. The van der Waals surface area contributed by atoms with E-state index in [1.54, 1.807) is 12.4 Å². The number of hydrogen-bond acceptors (Lipinski definition) is 4. The maximum Gasteiger partial charge on any atom is 0.271 e. The summed E-state index contributed by atoms with van der Waals surface area (Å²) in [7, 11) is 0. The van der Waals surface area contributed by atoms with Crippen LogP contribution >= 0.6 is 0 Å². The van der Waals surface area contributed by atoms with E-state index in [0.717, 1.165) is 18.7 Å². The molecular weight excluding hydrogens is 276 g/mol. The molecule has 1 aromatic carbocycles. The molecule has 0 saturated carbocycles. The lowest BCUT2D eigenvalue weighted by atomic mass is 10.1. The van der Waals surface area contributed by atoms with E-state index in [2.05, 4.69) is 45.3 Å². The molecule has 1 atom stereocenters. The standard InChI is InChI=1S/C17H20N4O/c1-3-8-18-17(22)14-10-20-16(11-19-14)21-12(2)9-13-6-4-5-7-15(13)21/h4-7,10-12H,3,8-9H2,1-2H3,(H,18,22). The van der Waals surface area contributed by atoms with E-state index >= 15 is 0 Å². The van der Waals surface area contributed by atoms with Crippen LogP contribution in [0.4, 0.5) is 11.5 Å². The first-order valence-electron chi connectivity index (χ1n) is 7.68. The lowest BCUT2D eigenvalue weighted by molar-refractivity contribution is 0.0948. The predicted octanol–water partition coefficient (Wildman–Crippen LogP) is 2.70. The second-order valence-corrected chi connectivity index (χ2v) is 5.57. The monoisotopic (exact) mass is 296 g/mol. The molecule has 5 nitrogen and oxygen atoms in total. The lowest BCUT2D eigenvalue weighted by Crippen LogP contribution is -2.27. The number of carbonyl (C=O) groups is 1. The minimum atomic E-state index is -0.171. The van der Waals surface area contributed by atoms with Crippen LogP contribution in [-0.2, 0) is 6.42 Å². The first kappa shape index (κ1) is 14.5. The summed E-state index contributed by atoms with van der Waals surface area (Å²) in [6, 6.07) is 8.67. The summed E-state index contributed by atoms with van der Waals surface area (Å²) in [6.45, 7) is 4.84. The second-order valence-electron chi connectivity index (χ2n) is 5.57. The van der Waals surface area contributed by atoms with E-state index in [-0.39, 0.29) is 5.91 Å². The van der Waals surface area contributed by atoms with Crippen LogP contribution in [0.25, 0.3) is 0 Å². The number of aromatic nitrogens is 2. The average Bonchev–Trinajstić information content (AvgIpc) is 2.88. The average molecular weight is 296 g/mol. The lowest BCUT2D eigenvalue weighted by Gasteiger charge is -2.23. The molecule has 0 saturated heterocycles. The highest BCUT2D eigenvalue weighted by molar-refractivity contribution is 5.92. The topological polar surface area (TPSA) is 58.1 Å². The molecule has 2 heterocycles. The summed E-state index contributed by atoms with van der Waals surface area (Å²) < 4.78 is 0. The minimum absolute atomic E-state index is 0.171. The van der Waals surface area contributed by atoms with Crippen LogP contribution in [0.2, 0.25) is 0 Å². The van der Waals surface area contributed by atoms with Gasteiger partial charge in [-0.1, -0.05) is 25.1 Å². The normalized spacial score (nSPS) is 16.5. The summed E-state index contributed by atoms with van der Waals surface area (Å²) >= 11 is 0. The van der Waals surface area contributed by atoms with Crippen LogP contribution in [-0.4, -0.2) is 28.5 Å². The second kappa shape index (κ2) is 6.13. The highest BCUT2D eigenvalue weighted by Gasteiger charge is 2.27. The van der Waals surface area contributed by atoms with Gasteiger partial charge in [-0.2, -0.15) is 0 Å². The van der Waals surface area contributed by atoms with Crippen molar-refractivity contribution in [2.45, 2.75) is 32.7 Å². The van der Waals surface area contributed by atoms with Gasteiger partial charge in [0, 0.05) is 18.3 Å². The van der Waals surface area contributed by atoms with E-state index < -0.39 is 0 Å². The van der Waals surface area contributed by atoms with Gasteiger partial charge in [-0.25, -0.2) is 9.97 Å². The van der Waals surface area contributed by atoms with Gasteiger partial charge in [-0.3, -0.25) is 4.79 Å². The number of amides is 1. The van der Waals surface area contributed by atoms with Gasteiger partial charge < -0.3 is 10.2 Å². The molecule has 3 rings (SSSR count). The Bertz CT molecular complexity index is 669. The number of hydrogen-bond donors (Lipinski definition) is 1. The van der Waals surface area contributed by atoms with Gasteiger partial charge in [0.1, 0.15) is 5.69 Å². The van der Waals surface area contributed by atoms with Crippen LogP contribution in [0.3, 0.4) is 0 Å². The number of carbonyl (C=O) groups excluding carboxylic acids is 1. The number of fused-ring (bicyclic) bond motifs is 1. The molecule has 1 unspecified atom stereocenters. The Morgan fingerprint density at radius 2 is 2.14 bits per heavy atom. The van der Waals surface area contributed by atoms with Crippen molar-refractivity contribution in [2.75, 3.05) is 11.4 Å². The van der Waals surface area contributed by atoms with Crippen molar-refractivity contribution in [3.8, 4) is 0 Å². The number of para-hydroxylation sites is 1. The van der Waals surface area contributed by atoms with Crippen LogP contribution in [0.1, 0.15) is 36.3 Å². The zero-order valence-corrected chi connectivity index (χ0v) is 12.9. The molecule has 1 aromatic heterocycles. The number of nitrogens with zero attached hydrogens (tertiary/aromatic N) is 3. The van der Waals surface area contributed by atoms with Crippen LogP contribution < -0.4 is 10.2 Å². The van der Waals surface area contributed by atoms with E-state index in [0.29, 0.717) is 18.3 Å². The molecule has 0 bridgehead atoms. The number of nitrogens with one attached hydrogen (secondary N) is 1. The quantitative estimate of drug-likeness (QED) is 0.942. The molecule has 2 aromatic rings. The SMILES string of the molecule is CCCNC(=O)c1cnc(N2c3ccccc3CC2C)cn1. The number of anilines is 2. The smallest absolute Gasteiger partial charge is 0.271 e. The van der Waals surface area contributed by atoms with Crippen molar-refractivity contribution in [1.29, 1.82) is 0 Å². The highest BCUT2D eigenvalue weighted by Crippen LogP contribution is 2.36. The fourth-order valence-electron chi connectivity index (χ4n) is 2.81. The molecule has 22 heavy (non-hydrogen) atoms. The highest BCUT2D eigenvalue weighted by atomic mass is 16.1. The van der Waals surface area contributed by atoms with Gasteiger partial charge in [0.2, 0.25) is 0 Å². The van der Waals surface area contributed by atoms with E-state index in [1.807, 2.05) is 13.0 Å². The molecule has 0 fully saturated rings. The third kappa shape index (κ3) is 2.66. The van der Waals surface area contributed by atoms with Crippen LogP contribution in [0.15, 0.2) is 36.7 Å². The van der Waals surface area contributed by atoms with Gasteiger partial charge in [-0.15, -0.1) is 0 Å². The zero-order chi connectivity index (χ0) is 15.5. The Morgan fingerprint density at radius 1 is 1.32 bits per heavy atom. The Labute approximate surface area is 130 Å². The molecule has 5 heteroatoms. The molecule has 0 aliphatic carbocycles. The number of benzene rings is 1. The number of rotatable bonds is 4. The molecule has 1 aliphatic heterocycles. The van der Waals surface area contributed by atoms with E-state index in [4.69, 9.17) is 0 Å². The van der Waals surface area contributed by atoms with Crippen LogP contribution in [0.5, 0.6) is 0 Å². The fourth-order valence-corrected chi connectivity index (χ4v) is 2.81. The summed E-state index contributed by atoms with van der Waals surface area (Å²) in [5.74, 6) is 0.611. The third-order valence-corrected chi connectivity index (χ3v) is 3.86. The Morgan fingerprint density at radius 3 is 2.86 bits per heavy atom. The van der Waals surface area contributed by atoms with Gasteiger partial charge in [0.15, 0.2) is 5.82 Å². The summed E-state index contributed by atoms with van der Waals surface area (Å²) in [5, 5.41) is 2.81. The van der Waals surface area contributed by atoms with E-state index in [9.17, 15) is 4.79 Å².